The van der Waals surface area contributed by atoms with Crippen molar-refractivity contribution in [2.75, 3.05) is 6.61 Å². The van der Waals surface area contributed by atoms with E-state index < -0.39 is 0 Å². The van der Waals surface area contributed by atoms with Crippen molar-refractivity contribution in [2.45, 2.75) is 6.92 Å². The predicted octanol–water partition coefficient (Wildman–Crippen LogP) is 3.54. The minimum absolute atomic E-state index is 0.521. The highest BCUT2D eigenvalue weighted by Crippen LogP contribution is 2.23. The lowest BCUT2D eigenvalue weighted by Crippen LogP contribution is -1.94. The number of nitriles is 1. The van der Waals surface area contributed by atoms with Crippen molar-refractivity contribution >= 4 is 11.6 Å². The molecule has 0 atom stereocenters. The van der Waals surface area contributed by atoms with Crippen molar-refractivity contribution in [3.63, 3.8) is 0 Å². The molecule has 0 saturated heterocycles. The number of hydrogen-bond acceptors (Lipinski definition) is 3. The van der Waals surface area contributed by atoms with E-state index in [1.165, 1.54) is 0 Å². The highest BCUT2D eigenvalue weighted by Gasteiger charge is 2.05. The van der Waals surface area contributed by atoms with Gasteiger partial charge in [-0.25, -0.2) is 0 Å². The van der Waals surface area contributed by atoms with Gasteiger partial charge in [-0.05, 0) is 31.2 Å². The molecule has 0 spiro atoms. The number of ether oxygens (including phenoxy) is 1. The molecule has 0 aliphatic carbocycles. The molecule has 0 aliphatic heterocycles. The minimum Gasteiger partial charge on any atom is -0.493 e. The van der Waals surface area contributed by atoms with Gasteiger partial charge in [-0.3, -0.25) is 4.98 Å². The maximum absolute atomic E-state index is 9.26. The van der Waals surface area contributed by atoms with E-state index in [1.807, 2.05) is 49.4 Å². The summed E-state index contributed by atoms with van der Waals surface area (Å²) >= 11 is 0. The largest absolute Gasteiger partial charge is 0.493 e. The minimum atomic E-state index is 0.521. The quantitative estimate of drug-likeness (QED) is 0.779. The van der Waals surface area contributed by atoms with Crippen molar-refractivity contribution in [2.24, 2.45) is 0 Å². The summed E-state index contributed by atoms with van der Waals surface area (Å²) in [6.45, 7) is 2.53. The van der Waals surface area contributed by atoms with Crippen LogP contribution in [0.25, 0.3) is 11.6 Å². The molecule has 0 saturated carbocycles. The van der Waals surface area contributed by atoms with Crippen LogP contribution in [0.5, 0.6) is 5.75 Å². The molecule has 1 heterocycles. The average molecular weight is 250 g/mol. The fraction of sp³-hybridized carbons (Fsp3) is 0.125. The maximum Gasteiger partial charge on any atom is 0.126 e. The van der Waals surface area contributed by atoms with E-state index in [9.17, 15) is 5.26 Å². The first-order valence-electron chi connectivity index (χ1n) is 6.10. The summed E-state index contributed by atoms with van der Waals surface area (Å²) in [4.78, 5) is 4.19. The zero-order valence-corrected chi connectivity index (χ0v) is 10.7. The fourth-order valence-corrected chi connectivity index (χ4v) is 1.73. The molecular weight excluding hydrogens is 236 g/mol. The number of hydrogen-bond donors (Lipinski definition) is 0. The Labute approximate surface area is 112 Å². The van der Waals surface area contributed by atoms with Gasteiger partial charge in [0.2, 0.25) is 0 Å². The van der Waals surface area contributed by atoms with Gasteiger partial charge in [0.15, 0.2) is 0 Å². The molecular formula is C16H14N2O. The number of allylic oxidation sites excluding steroid dienone is 1. The molecule has 3 heteroatoms. The van der Waals surface area contributed by atoms with Gasteiger partial charge >= 0.3 is 0 Å². The van der Waals surface area contributed by atoms with Gasteiger partial charge in [-0.2, -0.15) is 5.26 Å². The van der Waals surface area contributed by atoms with Crippen LogP contribution in [0, 0.1) is 11.3 Å². The van der Waals surface area contributed by atoms with E-state index >= 15 is 0 Å². The molecule has 2 aromatic rings. The number of benzene rings is 1. The third kappa shape index (κ3) is 3.20. The SMILES string of the molecule is CCOc1ccccc1C=C(C#N)c1ccccn1. The lowest BCUT2D eigenvalue weighted by molar-refractivity contribution is 0.339. The van der Waals surface area contributed by atoms with E-state index in [2.05, 4.69) is 11.1 Å². The Morgan fingerprint density at radius 3 is 2.74 bits per heavy atom. The number of aromatic nitrogens is 1. The van der Waals surface area contributed by atoms with Crippen LogP contribution in [0.15, 0.2) is 48.7 Å². The van der Waals surface area contributed by atoms with Gasteiger partial charge < -0.3 is 4.74 Å². The molecule has 0 aliphatic rings. The number of pyridine rings is 1. The van der Waals surface area contributed by atoms with Crippen LogP contribution in [0.2, 0.25) is 0 Å². The molecule has 1 aromatic heterocycles. The van der Waals surface area contributed by atoms with Crippen LogP contribution in [0.4, 0.5) is 0 Å². The first-order chi connectivity index (χ1) is 9.35. The van der Waals surface area contributed by atoms with Gasteiger partial charge in [0, 0.05) is 11.8 Å². The van der Waals surface area contributed by atoms with Gasteiger partial charge in [-0.1, -0.05) is 24.3 Å². The van der Waals surface area contributed by atoms with Crippen LogP contribution in [0.1, 0.15) is 18.2 Å². The van der Waals surface area contributed by atoms with Gasteiger partial charge in [0.05, 0.1) is 17.9 Å². The van der Waals surface area contributed by atoms with Crippen molar-refractivity contribution in [3.05, 3.63) is 59.9 Å². The second kappa shape index (κ2) is 6.36. The molecule has 3 nitrogen and oxygen atoms in total. The summed E-state index contributed by atoms with van der Waals surface area (Å²) in [6.07, 6.45) is 3.47. The molecule has 94 valence electrons. The van der Waals surface area contributed by atoms with Crippen molar-refractivity contribution in [1.82, 2.24) is 4.98 Å². The topological polar surface area (TPSA) is 45.9 Å². The van der Waals surface area contributed by atoms with E-state index in [0.29, 0.717) is 17.9 Å². The first-order valence-corrected chi connectivity index (χ1v) is 6.10. The number of nitrogens with zero attached hydrogens (tertiary/aromatic N) is 2. The van der Waals surface area contributed by atoms with Crippen LogP contribution >= 0.6 is 0 Å². The summed E-state index contributed by atoms with van der Waals surface area (Å²) in [5.41, 5.74) is 2.07. The van der Waals surface area contributed by atoms with E-state index in [0.717, 1.165) is 11.3 Å². The molecule has 0 amide bonds. The van der Waals surface area contributed by atoms with Gasteiger partial charge in [0.1, 0.15) is 11.8 Å². The molecule has 2 rings (SSSR count). The van der Waals surface area contributed by atoms with Gasteiger partial charge in [-0.15, -0.1) is 0 Å². The summed E-state index contributed by atoms with van der Waals surface area (Å²) in [5.74, 6) is 0.772. The predicted molar refractivity (Wildman–Crippen MR) is 75.3 cm³/mol. The number of para-hydroxylation sites is 1. The van der Waals surface area contributed by atoms with Crippen LogP contribution < -0.4 is 4.74 Å². The molecule has 1 aromatic carbocycles. The Morgan fingerprint density at radius 2 is 2.05 bits per heavy atom. The number of rotatable bonds is 4. The molecule has 0 unspecified atom stereocenters. The maximum atomic E-state index is 9.26. The normalized spacial score (nSPS) is 10.8. The Kier molecular flexibility index (Phi) is 4.30. The molecule has 0 radical (unpaired) electrons. The third-order valence-corrected chi connectivity index (χ3v) is 2.58. The molecule has 0 fully saturated rings. The smallest absolute Gasteiger partial charge is 0.126 e. The molecule has 19 heavy (non-hydrogen) atoms. The van der Waals surface area contributed by atoms with E-state index in [1.54, 1.807) is 12.3 Å². The highest BCUT2D eigenvalue weighted by atomic mass is 16.5. The van der Waals surface area contributed by atoms with Crippen molar-refractivity contribution in [3.8, 4) is 11.8 Å². The highest BCUT2D eigenvalue weighted by molar-refractivity contribution is 5.89. The van der Waals surface area contributed by atoms with E-state index in [-0.39, 0.29) is 0 Å². The average Bonchev–Trinajstić information content (AvgIpc) is 2.47. The zero-order chi connectivity index (χ0) is 13.5. The van der Waals surface area contributed by atoms with Crippen LogP contribution in [0.3, 0.4) is 0 Å². The summed E-state index contributed by atoms with van der Waals surface area (Å²) in [6, 6.07) is 15.3. The lowest BCUT2D eigenvalue weighted by Gasteiger charge is -2.07. The second-order valence-corrected chi connectivity index (χ2v) is 3.86. The Balaban J connectivity index is 2.42. The first kappa shape index (κ1) is 12.8. The summed E-state index contributed by atoms with van der Waals surface area (Å²) < 4.78 is 5.54. The van der Waals surface area contributed by atoms with Crippen LogP contribution in [-0.2, 0) is 0 Å². The summed E-state index contributed by atoms with van der Waals surface area (Å²) in [7, 11) is 0. The Hall–Kier alpha value is -2.60. The van der Waals surface area contributed by atoms with Crippen LogP contribution in [-0.4, -0.2) is 11.6 Å². The Bertz CT molecular complexity index is 612. The fourth-order valence-electron chi connectivity index (χ4n) is 1.73. The summed E-state index contributed by atoms with van der Waals surface area (Å²) in [5, 5.41) is 9.26. The molecule has 0 bridgehead atoms. The monoisotopic (exact) mass is 250 g/mol. The van der Waals surface area contributed by atoms with Crippen molar-refractivity contribution in [1.29, 1.82) is 5.26 Å². The van der Waals surface area contributed by atoms with Crippen molar-refractivity contribution < 1.29 is 4.74 Å². The lowest BCUT2D eigenvalue weighted by atomic mass is 10.1. The van der Waals surface area contributed by atoms with E-state index in [4.69, 9.17) is 4.74 Å². The second-order valence-electron chi connectivity index (χ2n) is 3.86. The van der Waals surface area contributed by atoms with Gasteiger partial charge in [0.25, 0.3) is 0 Å². The third-order valence-electron chi connectivity index (χ3n) is 2.58. The zero-order valence-electron chi connectivity index (χ0n) is 10.7. The molecule has 0 N–H and O–H groups in total. The standard InChI is InChI=1S/C16H14N2O/c1-2-19-16-9-4-3-7-13(16)11-14(12-17)15-8-5-6-10-18-15/h3-11H,2H2,1H3. The Morgan fingerprint density at radius 1 is 1.26 bits per heavy atom.